The molecule has 1 fully saturated rings. The number of aryl methyl sites for hydroxylation is 1. The third-order valence-electron chi connectivity index (χ3n) is 7.03. The third kappa shape index (κ3) is 6.45. The molecule has 5 rings (SSSR count). The number of carbonyl (C=O) groups excluding carboxylic acids is 1. The second-order valence-electron chi connectivity index (χ2n) is 9.69. The SMILES string of the molecule is COc1ccccc1N1CCN(C(=O)CCCCSc2nnc(-c3ccccc3)n2-c2ccc(C)cc2)CC1. The first-order valence-corrected chi connectivity index (χ1v) is 14.5. The van der Waals surface area contributed by atoms with Gasteiger partial charge in [0.1, 0.15) is 5.75 Å². The monoisotopic (exact) mass is 541 g/mol. The molecule has 8 heteroatoms. The molecule has 39 heavy (non-hydrogen) atoms. The van der Waals surface area contributed by atoms with Gasteiger partial charge in [-0.2, -0.15) is 0 Å². The fraction of sp³-hybridized carbons (Fsp3) is 0.323. The van der Waals surface area contributed by atoms with Gasteiger partial charge in [-0.05, 0) is 44.0 Å². The first kappa shape index (κ1) is 26.8. The Kier molecular flexibility index (Phi) is 8.83. The summed E-state index contributed by atoms with van der Waals surface area (Å²) in [7, 11) is 1.70. The maximum Gasteiger partial charge on any atom is 0.222 e. The van der Waals surface area contributed by atoms with Crippen LogP contribution in [0.1, 0.15) is 24.8 Å². The zero-order chi connectivity index (χ0) is 27.0. The van der Waals surface area contributed by atoms with Gasteiger partial charge in [-0.1, -0.05) is 71.9 Å². The van der Waals surface area contributed by atoms with Crippen LogP contribution in [0.2, 0.25) is 0 Å². The highest BCUT2D eigenvalue weighted by atomic mass is 32.2. The fourth-order valence-electron chi connectivity index (χ4n) is 4.85. The van der Waals surface area contributed by atoms with Gasteiger partial charge in [0.15, 0.2) is 11.0 Å². The lowest BCUT2D eigenvalue weighted by atomic mass is 10.2. The van der Waals surface area contributed by atoms with Gasteiger partial charge >= 0.3 is 0 Å². The van der Waals surface area contributed by atoms with Crippen molar-refractivity contribution in [3.05, 3.63) is 84.4 Å². The summed E-state index contributed by atoms with van der Waals surface area (Å²) in [6, 6.07) is 26.7. The number of rotatable bonds is 10. The Morgan fingerprint density at radius 1 is 0.872 bits per heavy atom. The molecule has 1 aliphatic heterocycles. The van der Waals surface area contributed by atoms with E-state index in [2.05, 4.69) is 69.1 Å². The molecule has 1 saturated heterocycles. The van der Waals surface area contributed by atoms with Gasteiger partial charge in [-0.25, -0.2) is 0 Å². The number of piperazine rings is 1. The summed E-state index contributed by atoms with van der Waals surface area (Å²) in [5.74, 6) is 2.84. The predicted octanol–water partition coefficient (Wildman–Crippen LogP) is 5.86. The van der Waals surface area contributed by atoms with Crippen molar-refractivity contribution >= 4 is 23.4 Å². The number of hydrogen-bond acceptors (Lipinski definition) is 6. The molecule has 0 saturated carbocycles. The number of amides is 1. The van der Waals surface area contributed by atoms with Crippen molar-refractivity contribution < 1.29 is 9.53 Å². The number of para-hydroxylation sites is 2. The lowest BCUT2D eigenvalue weighted by Gasteiger charge is -2.36. The standard InChI is InChI=1S/C31H35N5O2S/c1-24-15-17-26(18-16-24)36-30(25-10-4-3-5-11-25)32-33-31(36)39-23-9-8-14-29(37)35-21-19-34(20-22-35)27-12-6-7-13-28(27)38-2/h3-7,10-13,15-18H,8-9,14,19-23H2,1-2H3. The molecule has 0 N–H and O–H groups in total. The van der Waals surface area contributed by atoms with E-state index >= 15 is 0 Å². The average molecular weight is 542 g/mol. The lowest BCUT2D eigenvalue weighted by Crippen LogP contribution is -2.48. The van der Waals surface area contributed by atoms with E-state index in [0.717, 1.165) is 78.4 Å². The number of thioether (sulfide) groups is 1. The number of unbranched alkanes of at least 4 members (excludes halogenated alkanes) is 1. The fourth-order valence-corrected chi connectivity index (χ4v) is 5.80. The molecular formula is C31H35N5O2S. The van der Waals surface area contributed by atoms with E-state index in [0.29, 0.717) is 6.42 Å². The summed E-state index contributed by atoms with van der Waals surface area (Å²) >= 11 is 1.70. The van der Waals surface area contributed by atoms with Gasteiger partial charge in [0.05, 0.1) is 12.8 Å². The van der Waals surface area contributed by atoms with Gasteiger partial charge in [0.25, 0.3) is 0 Å². The number of methoxy groups -OCH3 is 1. The number of benzene rings is 3. The molecule has 0 aliphatic carbocycles. The predicted molar refractivity (Wildman–Crippen MR) is 158 cm³/mol. The molecule has 7 nitrogen and oxygen atoms in total. The van der Waals surface area contributed by atoms with E-state index in [1.165, 1.54) is 5.56 Å². The number of aromatic nitrogens is 3. The molecule has 1 amide bonds. The summed E-state index contributed by atoms with van der Waals surface area (Å²) in [5.41, 5.74) is 4.40. The normalized spacial score (nSPS) is 13.5. The molecule has 3 aromatic carbocycles. The molecule has 0 unspecified atom stereocenters. The second-order valence-corrected chi connectivity index (χ2v) is 10.8. The van der Waals surface area contributed by atoms with E-state index < -0.39 is 0 Å². The van der Waals surface area contributed by atoms with Crippen molar-refractivity contribution in [2.75, 3.05) is 43.9 Å². The Bertz CT molecular complexity index is 1370. The van der Waals surface area contributed by atoms with Crippen molar-refractivity contribution in [2.24, 2.45) is 0 Å². The Morgan fingerprint density at radius 2 is 1.59 bits per heavy atom. The highest BCUT2D eigenvalue weighted by molar-refractivity contribution is 7.99. The average Bonchev–Trinajstić information content (AvgIpc) is 3.41. The minimum Gasteiger partial charge on any atom is -0.495 e. The van der Waals surface area contributed by atoms with Crippen LogP contribution in [-0.2, 0) is 4.79 Å². The van der Waals surface area contributed by atoms with E-state index in [1.54, 1.807) is 18.9 Å². The molecule has 202 valence electrons. The highest BCUT2D eigenvalue weighted by Gasteiger charge is 2.22. The van der Waals surface area contributed by atoms with E-state index in [-0.39, 0.29) is 5.91 Å². The minimum atomic E-state index is 0.244. The van der Waals surface area contributed by atoms with Crippen molar-refractivity contribution in [3.8, 4) is 22.8 Å². The van der Waals surface area contributed by atoms with Crippen LogP contribution >= 0.6 is 11.8 Å². The lowest BCUT2D eigenvalue weighted by molar-refractivity contribution is -0.131. The number of carbonyl (C=O) groups is 1. The molecule has 1 aromatic heterocycles. The Labute approximate surface area is 234 Å². The number of hydrogen-bond donors (Lipinski definition) is 0. The number of nitrogens with zero attached hydrogens (tertiary/aromatic N) is 5. The van der Waals surface area contributed by atoms with Crippen molar-refractivity contribution in [2.45, 2.75) is 31.3 Å². The smallest absolute Gasteiger partial charge is 0.222 e. The molecule has 0 spiro atoms. The zero-order valence-corrected chi connectivity index (χ0v) is 23.4. The quantitative estimate of drug-likeness (QED) is 0.185. The Morgan fingerprint density at radius 3 is 2.33 bits per heavy atom. The van der Waals surface area contributed by atoms with Crippen molar-refractivity contribution in [1.29, 1.82) is 0 Å². The molecule has 0 bridgehead atoms. The van der Waals surface area contributed by atoms with E-state index in [9.17, 15) is 4.79 Å². The van der Waals surface area contributed by atoms with Gasteiger partial charge in [0, 0.05) is 49.6 Å². The molecule has 0 radical (unpaired) electrons. The van der Waals surface area contributed by atoms with Crippen LogP contribution in [0.4, 0.5) is 5.69 Å². The van der Waals surface area contributed by atoms with Gasteiger partial charge in [0.2, 0.25) is 5.91 Å². The van der Waals surface area contributed by atoms with E-state index in [1.807, 2.05) is 41.3 Å². The minimum absolute atomic E-state index is 0.244. The van der Waals surface area contributed by atoms with Crippen LogP contribution < -0.4 is 9.64 Å². The van der Waals surface area contributed by atoms with Crippen LogP contribution in [0.5, 0.6) is 5.75 Å². The molecular weight excluding hydrogens is 506 g/mol. The van der Waals surface area contributed by atoms with E-state index in [4.69, 9.17) is 4.74 Å². The molecule has 4 aromatic rings. The third-order valence-corrected chi connectivity index (χ3v) is 8.05. The molecule has 2 heterocycles. The van der Waals surface area contributed by atoms with Crippen LogP contribution in [-0.4, -0.2) is 64.6 Å². The maximum absolute atomic E-state index is 12.9. The molecule has 0 atom stereocenters. The van der Waals surface area contributed by atoms with Gasteiger partial charge in [-0.15, -0.1) is 10.2 Å². The van der Waals surface area contributed by atoms with Gasteiger partial charge < -0.3 is 14.5 Å². The highest BCUT2D eigenvalue weighted by Crippen LogP contribution is 2.30. The largest absolute Gasteiger partial charge is 0.495 e. The first-order valence-electron chi connectivity index (χ1n) is 13.5. The number of anilines is 1. The summed E-state index contributed by atoms with van der Waals surface area (Å²) in [6.45, 7) is 5.22. The summed E-state index contributed by atoms with van der Waals surface area (Å²) in [6.07, 6.45) is 2.39. The van der Waals surface area contributed by atoms with Crippen LogP contribution in [0, 0.1) is 6.92 Å². The number of ether oxygens (including phenoxy) is 1. The maximum atomic E-state index is 12.9. The Hall–Kier alpha value is -3.78. The van der Waals surface area contributed by atoms with Crippen LogP contribution in [0.15, 0.2) is 84.0 Å². The van der Waals surface area contributed by atoms with Crippen molar-refractivity contribution in [3.63, 3.8) is 0 Å². The summed E-state index contributed by atoms with van der Waals surface area (Å²) in [5, 5.41) is 9.93. The summed E-state index contributed by atoms with van der Waals surface area (Å²) in [4.78, 5) is 17.2. The van der Waals surface area contributed by atoms with Crippen LogP contribution in [0.3, 0.4) is 0 Å². The van der Waals surface area contributed by atoms with Gasteiger partial charge in [-0.3, -0.25) is 9.36 Å². The summed E-state index contributed by atoms with van der Waals surface area (Å²) < 4.78 is 7.64. The molecule has 1 aliphatic rings. The second kappa shape index (κ2) is 12.8. The Balaban J connectivity index is 1.13. The zero-order valence-electron chi connectivity index (χ0n) is 22.6. The topological polar surface area (TPSA) is 63.5 Å². The van der Waals surface area contributed by atoms with Crippen molar-refractivity contribution in [1.82, 2.24) is 19.7 Å². The first-order chi connectivity index (χ1) is 19.1. The van der Waals surface area contributed by atoms with Crippen LogP contribution in [0.25, 0.3) is 17.1 Å².